The number of nitrogens with zero attached hydrogens (tertiary/aromatic N) is 2. The highest BCUT2D eigenvalue weighted by molar-refractivity contribution is 6.58. The number of benzene rings is 3. The van der Waals surface area contributed by atoms with Crippen LogP contribution in [0.15, 0.2) is 97.1 Å². The number of aromatic hydroxyl groups is 1. The molecular formula is C35H27Cl2FN2O5. The van der Waals surface area contributed by atoms with E-state index in [0.29, 0.717) is 23.2 Å². The normalized spacial score (nSPS) is 30.6. The van der Waals surface area contributed by atoms with Gasteiger partial charge in [-0.1, -0.05) is 54.1 Å². The van der Waals surface area contributed by atoms with Gasteiger partial charge in [-0.2, -0.15) is 0 Å². The number of anilines is 2. The molecule has 4 amide bonds. The molecule has 10 heteroatoms. The molecule has 2 heterocycles. The second kappa shape index (κ2) is 10.4. The Morgan fingerprint density at radius 1 is 0.867 bits per heavy atom. The lowest BCUT2D eigenvalue weighted by molar-refractivity contribution is -0.125. The van der Waals surface area contributed by atoms with Crippen molar-refractivity contribution in [3.05, 3.63) is 114 Å². The first kappa shape index (κ1) is 29.4. The minimum Gasteiger partial charge on any atom is -0.507 e. The molecule has 2 saturated heterocycles. The molecule has 0 radical (unpaired) electrons. The van der Waals surface area contributed by atoms with E-state index in [2.05, 4.69) is 6.58 Å². The van der Waals surface area contributed by atoms with Crippen molar-refractivity contribution in [1.82, 2.24) is 0 Å². The molecule has 0 spiro atoms. The number of halogens is 3. The summed E-state index contributed by atoms with van der Waals surface area (Å²) in [5.74, 6) is -6.60. The molecule has 6 atom stereocenters. The van der Waals surface area contributed by atoms with Gasteiger partial charge >= 0.3 is 0 Å². The number of rotatable bonds is 5. The molecule has 7 nitrogen and oxygen atoms in total. The molecule has 2 aliphatic carbocycles. The number of hydrogen-bond acceptors (Lipinski definition) is 5. The van der Waals surface area contributed by atoms with Crippen molar-refractivity contribution in [3.8, 4) is 5.75 Å². The summed E-state index contributed by atoms with van der Waals surface area (Å²) in [4.78, 5) is 54.5. The van der Waals surface area contributed by atoms with Crippen LogP contribution in [-0.2, 0) is 25.6 Å². The maximum absolute atomic E-state index is 14.5. The van der Waals surface area contributed by atoms with Crippen molar-refractivity contribution in [2.24, 2.45) is 17.8 Å². The number of imide groups is 2. The number of allylic oxidation sites excluding steroid dienone is 3. The van der Waals surface area contributed by atoms with Crippen LogP contribution in [-0.4, -0.2) is 38.5 Å². The first-order valence-electron chi connectivity index (χ1n) is 14.6. The standard InChI is InChI=1S/C35H27Cl2FN2O5/c1-2-7-19-8-6-11-25(29(19)41)28-23-16-17-24-27(31(43)39(30(24)42)21-9-4-3-5-10-21)26(23)18-34(36)32(44)40(33(45)35(28,34)37)22-14-12-20(38)13-15-22/h2-6,8-16,24,26-28,41H,1,7,17-18H2. The highest BCUT2D eigenvalue weighted by Gasteiger charge is 2.77. The molecule has 1 N–H and O–H groups in total. The lowest BCUT2D eigenvalue weighted by Gasteiger charge is -2.50. The lowest BCUT2D eigenvalue weighted by Crippen LogP contribution is -2.60. The monoisotopic (exact) mass is 644 g/mol. The summed E-state index contributed by atoms with van der Waals surface area (Å²) in [6.45, 7) is 3.76. The summed E-state index contributed by atoms with van der Waals surface area (Å²) in [6, 6.07) is 18.5. The second-order valence-electron chi connectivity index (χ2n) is 11.9. The fourth-order valence-corrected chi connectivity index (χ4v) is 8.67. The van der Waals surface area contributed by atoms with E-state index in [9.17, 15) is 28.7 Å². The summed E-state index contributed by atoms with van der Waals surface area (Å²) in [5, 5.41) is 11.6. The van der Waals surface area contributed by atoms with Crippen molar-refractivity contribution in [1.29, 1.82) is 0 Å². The Morgan fingerprint density at radius 2 is 1.56 bits per heavy atom. The van der Waals surface area contributed by atoms with E-state index >= 15 is 0 Å². The van der Waals surface area contributed by atoms with Crippen molar-refractivity contribution in [3.63, 3.8) is 0 Å². The Hall–Kier alpha value is -4.27. The van der Waals surface area contributed by atoms with Crippen molar-refractivity contribution >= 4 is 58.2 Å². The van der Waals surface area contributed by atoms with Gasteiger partial charge < -0.3 is 5.11 Å². The van der Waals surface area contributed by atoms with E-state index in [1.165, 1.54) is 17.0 Å². The number of phenolic OH excluding ortho intramolecular Hbond substituents is 1. The molecule has 0 bridgehead atoms. The molecule has 3 fully saturated rings. The van der Waals surface area contributed by atoms with Crippen molar-refractivity contribution in [2.75, 3.05) is 9.80 Å². The smallest absolute Gasteiger partial charge is 0.258 e. The summed E-state index contributed by atoms with van der Waals surface area (Å²) >= 11 is 14.8. The highest BCUT2D eigenvalue weighted by atomic mass is 35.5. The van der Waals surface area contributed by atoms with Crippen LogP contribution in [0.2, 0.25) is 0 Å². The van der Waals surface area contributed by atoms with Crippen LogP contribution in [0.3, 0.4) is 0 Å². The minimum atomic E-state index is -2.13. The number of alkyl halides is 2. The largest absolute Gasteiger partial charge is 0.507 e. The Labute approximate surface area is 268 Å². The third-order valence-electron chi connectivity index (χ3n) is 9.74. The Morgan fingerprint density at radius 3 is 2.24 bits per heavy atom. The topological polar surface area (TPSA) is 95.0 Å². The zero-order valence-electron chi connectivity index (χ0n) is 23.8. The van der Waals surface area contributed by atoms with E-state index < -0.39 is 57.0 Å². The zero-order valence-corrected chi connectivity index (χ0v) is 25.3. The Balaban J connectivity index is 1.43. The molecule has 3 aromatic rings. The maximum Gasteiger partial charge on any atom is 0.258 e. The number of phenols is 1. The second-order valence-corrected chi connectivity index (χ2v) is 13.2. The van der Waals surface area contributed by atoms with Gasteiger partial charge in [0.15, 0.2) is 9.75 Å². The highest BCUT2D eigenvalue weighted by Crippen LogP contribution is 2.66. The number of amides is 4. The lowest BCUT2D eigenvalue weighted by atomic mass is 9.56. The van der Waals surface area contributed by atoms with Crippen LogP contribution in [0.4, 0.5) is 15.8 Å². The van der Waals surface area contributed by atoms with E-state index in [1.807, 2.05) is 6.08 Å². The molecule has 45 heavy (non-hydrogen) atoms. The van der Waals surface area contributed by atoms with Crippen LogP contribution in [0.5, 0.6) is 5.75 Å². The molecule has 4 aliphatic rings. The van der Waals surface area contributed by atoms with Crippen LogP contribution in [0.25, 0.3) is 0 Å². The summed E-state index contributed by atoms with van der Waals surface area (Å²) in [6.07, 6.45) is 3.73. The predicted molar refractivity (Wildman–Crippen MR) is 168 cm³/mol. The van der Waals surface area contributed by atoms with Gasteiger partial charge in [0.25, 0.3) is 11.8 Å². The van der Waals surface area contributed by atoms with E-state index in [-0.39, 0.29) is 35.7 Å². The molecule has 6 unspecified atom stereocenters. The first-order chi connectivity index (χ1) is 21.5. The summed E-state index contributed by atoms with van der Waals surface area (Å²) in [5.41, 5.74) is 1.87. The molecule has 3 aromatic carbocycles. The van der Waals surface area contributed by atoms with Gasteiger partial charge in [0.05, 0.1) is 23.2 Å². The first-order valence-corrected chi connectivity index (χ1v) is 15.4. The van der Waals surface area contributed by atoms with E-state index in [1.54, 1.807) is 54.6 Å². The maximum atomic E-state index is 14.5. The average Bonchev–Trinajstić information content (AvgIpc) is 3.37. The third-order valence-corrected chi connectivity index (χ3v) is 11.1. The van der Waals surface area contributed by atoms with Crippen LogP contribution in [0.1, 0.15) is 29.9 Å². The van der Waals surface area contributed by atoms with E-state index in [4.69, 9.17) is 23.2 Å². The fourth-order valence-electron chi connectivity index (χ4n) is 7.74. The zero-order chi connectivity index (χ0) is 31.8. The van der Waals surface area contributed by atoms with Gasteiger partial charge in [-0.25, -0.2) is 9.29 Å². The Bertz CT molecular complexity index is 1830. The number of fused-ring (bicyclic) bond motifs is 4. The van der Waals surface area contributed by atoms with Gasteiger partial charge in [-0.3, -0.25) is 24.1 Å². The Kier molecular flexibility index (Phi) is 6.80. The number of carbonyl (C=O) groups excluding carboxylic acids is 4. The van der Waals surface area contributed by atoms with Gasteiger partial charge in [-0.15, -0.1) is 29.8 Å². The molecular weight excluding hydrogens is 618 g/mol. The number of carbonyl (C=O) groups is 4. The molecule has 1 saturated carbocycles. The fraction of sp³-hybridized carbons (Fsp3) is 0.257. The number of para-hydroxylation sites is 2. The number of hydrogen-bond donors (Lipinski definition) is 1. The summed E-state index contributed by atoms with van der Waals surface area (Å²) in [7, 11) is 0. The minimum absolute atomic E-state index is 0.0847. The third kappa shape index (κ3) is 3.95. The molecule has 7 rings (SSSR count). The van der Waals surface area contributed by atoms with Crippen LogP contribution < -0.4 is 9.80 Å². The quantitative estimate of drug-likeness (QED) is 0.208. The summed E-state index contributed by atoms with van der Waals surface area (Å²) < 4.78 is 13.8. The van der Waals surface area contributed by atoms with E-state index in [0.717, 1.165) is 17.0 Å². The van der Waals surface area contributed by atoms with Gasteiger partial charge in [0, 0.05) is 11.5 Å². The predicted octanol–water partition coefficient (Wildman–Crippen LogP) is 6.03. The molecule has 2 aliphatic heterocycles. The van der Waals surface area contributed by atoms with Crippen molar-refractivity contribution < 1.29 is 28.7 Å². The van der Waals surface area contributed by atoms with Crippen LogP contribution >= 0.6 is 23.2 Å². The average molecular weight is 646 g/mol. The van der Waals surface area contributed by atoms with Gasteiger partial charge in [0.2, 0.25) is 11.8 Å². The SMILES string of the molecule is C=CCc1cccc(C2C3=CCC4C(=O)N(c5ccccc5)C(=O)C4C3CC3(Cl)C(=O)N(c4ccc(F)cc4)C(=O)C23Cl)c1O. The molecule has 0 aromatic heterocycles. The van der Waals surface area contributed by atoms with Gasteiger partial charge in [0.1, 0.15) is 11.6 Å². The molecule has 228 valence electrons. The van der Waals surface area contributed by atoms with Gasteiger partial charge in [-0.05, 0) is 67.1 Å². The van der Waals surface area contributed by atoms with Crippen LogP contribution in [0, 0.1) is 23.6 Å². The van der Waals surface area contributed by atoms with Crippen molar-refractivity contribution in [2.45, 2.75) is 34.9 Å².